The van der Waals surface area contributed by atoms with Crippen molar-refractivity contribution in [3.8, 4) is 6.07 Å². The molecule has 0 fully saturated rings. The second kappa shape index (κ2) is 8.98. The van der Waals surface area contributed by atoms with Crippen molar-refractivity contribution in [1.29, 1.82) is 5.26 Å². The van der Waals surface area contributed by atoms with Gasteiger partial charge < -0.3 is 4.74 Å². The molecule has 3 heteroatoms. The summed E-state index contributed by atoms with van der Waals surface area (Å²) in [7, 11) is 0. The first kappa shape index (κ1) is 13.4. The second-order valence-electron chi connectivity index (χ2n) is 3.65. The van der Waals surface area contributed by atoms with Gasteiger partial charge in [-0.15, -0.1) is 0 Å². The Balaban J connectivity index is 3.58. The van der Waals surface area contributed by atoms with Crippen LogP contribution in [0.4, 0.5) is 0 Å². The summed E-state index contributed by atoms with van der Waals surface area (Å²) >= 11 is 0. The van der Waals surface area contributed by atoms with Crippen molar-refractivity contribution < 1.29 is 4.74 Å². The highest BCUT2D eigenvalue weighted by Crippen LogP contribution is 1.99. The van der Waals surface area contributed by atoms with Crippen LogP contribution >= 0.6 is 0 Å². The Labute approximate surface area is 87.7 Å². The lowest BCUT2D eigenvalue weighted by atomic mass is 10.3. The Kier molecular flexibility index (Phi) is 8.61. The predicted molar refractivity (Wildman–Crippen MR) is 58.0 cm³/mol. The molecule has 0 heterocycles. The topological polar surface area (TPSA) is 36.3 Å². The number of hydrogen-bond donors (Lipinski definition) is 0. The molecule has 14 heavy (non-hydrogen) atoms. The van der Waals surface area contributed by atoms with E-state index < -0.39 is 0 Å². The van der Waals surface area contributed by atoms with Crippen LogP contribution in [0, 0.1) is 11.3 Å². The Morgan fingerprint density at radius 3 is 2.50 bits per heavy atom. The minimum atomic E-state index is 0.494. The molecule has 0 aliphatic rings. The fourth-order valence-corrected chi connectivity index (χ4v) is 1.25. The van der Waals surface area contributed by atoms with Gasteiger partial charge in [0.15, 0.2) is 0 Å². The van der Waals surface area contributed by atoms with Gasteiger partial charge in [-0.05, 0) is 20.3 Å². The molecule has 0 aromatic heterocycles. The van der Waals surface area contributed by atoms with Gasteiger partial charge in [0, 0.05) is 32.2 Å². The molecule has 0 saturated heterocycles. The second-order valence-corrected chi connectivity index (χ2v) is 3.65. The quantitative estimate of drug-likeness (QED) is 0.560. The highest BCUT2D eigenvalue weighted by Gasteiger charge is 2.07. The van der Waals surface area contributed by atoms with Crippen LogP contribution in [-0.4, -0.2) is 37.2 Å². The average Bonchev–Trinajstić information content (AvgIpc) is 2.16. The summed E-state index contributed by atoms with van der Waals surface area (Å²) in [4.78, 5) is 2.28. The van der Waals surface area contributed by atoms with E-state index >= 15 is 0 Å². The predicted octanol–water partition coefficient (Wildman–Crippen LogP) is 2.04. The first-order valence-electron chi connectivity index (χ1n) is 5.41. The molecule has 0 aromatic carbocycles. The molecule has 0 N–H and O–H groups in total. The van der Waals surface area contributed by atoms with Gasteiger partial charge in [0.05, 0.1) is 12.7 Å². The van der Waals surface area contributed by atoms with Gasteiger partial charge in [0.25, 0.3) is 0 Å². The maximum Gasteiger partial charge on any atom is 0.0635 e. The number of nitriles is 1. The number of nitrogens with zero attached hydrogens (tertiary/aromatic N) is 2. The summed E-state index contributed by atoms with van der Waals surface area (Å²) in [6.07, 6.45) is 1.67. The van der Waals surface area contributed by atoms with Gasteiger partial charge in [-0.3, -0.25) is 4.90 Å². The van der Waals surface area contributed by atoms with Crippen molar-refractivity contribution in [2.24, 2.45) is 0 Å². The molecule has 0 aliphatic carbocycles. The molecule has 0 amide bonds. The zero-order valence-electron chi connectivity index (χ0n) is 9.62. The van der Waals surface area contributed by atoms with Crippen LogP contribution in [0.3, 0.4) is 0 Å². The summed E-state index contributed by atoms with van der Waals surface area (Å²) in [5.41, 5.74) is 0. The van der Waals surface area contributed by atoms with E-state index in [9.17, 15) is 0 Å². The molecule has 0 spiro atoms. The number of rotatable bonds is 8. The van der Waals surface area contributed by atoms with Crippen LogP contribution in [0.2, 0.25) is 0 Å². The SMILES string of the molecule is CCCOCCN(CCC#N)C(C)C. The van der Waals surface area contributed by atoms with Gasteiger partial charge >= 0.3 is 0 Å². The van der Waals surface area contributed by atoms with Gasteiger partial charge in [0.2, 0.25) is 0 Å². The zero-order chi connectivity index (χ0) is 10.8. The third kappa shape index (κ3) is 6.88. The van der Waals surface area contributed by atoms with Gasteiger partial charge in [0.1, 0.15) is 0 Å². The highest BCUT2D eigenvalue weighted by atomic mass is 16.5. The first-order valence-corrected chi connectivity index (χ1v) is 5.41. The van der Waals surface area contributed by atoms with Crippen LogP contribution in [0.5, 0.6) is 0 Å². The summed E-state index contributed by atoms with van der Waals surface area (Å²) in [6, 6.07) is 2.67. The summed E-state index contributed by atoms with van der Waals surface area (Å²) < 4.78 is 5.42. The van der Waals surface area contributed by atoms with E-state index in [2.05, 4.69) is 31.7 Å². The van der Waals surface area contributed by atoms with Crippen LogP contribution in [0.1, 0.15) is 33.6 Å². The molecule has 0 aromatic rings. The fraction of sp³-hybridized carbons (Fsp3) is 0.909. The molecule has 3 nitrogen and oxygen atoms in total. The number of hydrogen-bond acceptors (Lipinski definition) is 3. The van der Waals surface area contributed by atoms with Crippen molar-refractivity contribution in [2.75, 3.05) is 26.3 Å². The normalized spacial score (nSPS) is 10.9. The van der Waals surface area contributed by atoms with Crippen LogP contribution in [0.15, 0.2) is 0 Å². The standard InChI is InChI=1S/C11H22N2O/c1-4-9-14-10-8-13(11(2)3)7-5-6-12/h11H,4-5,7-10H2,1-3H3. The summed E-state index contributed by atoms with van der Waals surface area (Å²) in [6.45, 7) is 9.80. The smallest absolute Gasteiger partial charge is 0.0635 e. The van der Waals surface area contributed by atoms with Crippen LogP contribution < -0.4 is 0 Å². The third-order valence-corrected chi connectivity index (χ3v) is 2.11. The zero-order valence-corrected chi connectivity index (χ0v) is 9.62. The Morgan fingerprint density at radius 1 is 1.29 bits per heavy atom. The largest absolute Gasteiger partial charge is 0.380 e. The van der Waals surface area contributed by atoms with E-state index in [1.54, 1.807) is 0 Å². The molecular weight excluding hydrogens is 176 g/mol. The lowest BCUT2D eigenvalue weighted by Crippen LogP contribution is -2.34. The molecule has 0 saturated carbocycles. The van der Waals surface area contributed by atoms with Crippen molar-refractivity contribution in [3.63, 3.8) is 0 Å². The Hall–Kier alpha value is -0.590. The Morgan fingerprint density at radius 2 is 2.00 bits per heavy atom. The molecule has 0 bridgehead atoms. The molecule has 0 radical (unpaired) electrons. The summed E-state index contributed by atoms with van der Waals surface area (Å²) in [5.74, 6) is 0. The average molecular weight is 198 g/mol. The van der Waals surface area contributed by atoms with Gasteiger partial charge in [-0.2, -0.15) is 5.26 Å². The Bertz CT molecular complexity index is 163. The number of ether oxygens (including phenoxy) is 1. The molecular formula is C11H22N2O. The van der Waals surface area contributed by atoms with E-state index in [1.807, 2.05) is 0 Å². The van der Waals surface area contributed by atoms with Gasteiger partial charge in [-0.25, -0.2) is 0 Å². The van der Waals surface area contributed by atoms with Crippen molar-refractivity contribution >= 4 is 0 Å². The van der Waals surface area contributed by atoms with E-state index in [1.165, 1.54) is 0 Å². The minimum Gasteiger partial charge on any atom is -0.380 e. The van der Waals surface area contributed by atoms with Crippen molar-refractivity contribution in [1.82, 2.24) is 4.90 Å². The van der Waals surface area contributed by atoms with Crippen molar-refractivity contribution in [2.45, 2.75) is 39.7 Å². The first-order chi connectivity index (χ1) is 6.72. The van der Waals surface area contributed by atoms with E-state index in [4.69, 9.17) is 10.00 Å². The highest BCUT2D eigenvalue weighted by molar-refractivity contribution is 4.73. The molecule has 0 rings (SSSR count). The molecule has 0 unspecified atom stereocenters. The lowest BCUT2D eigenvalue weighted by molar-refractivity contribution is 0.0939. The molecule has 82 valence electrons. The third-order valence-electron chi connectivity index (χ3n) is 2.11. The maximum atomic E-state index is 8.50. The monoisotopic (exact) mass is 198 g/mol. The van der Waals surface area contributed by atoms with Crippen LogP contribution in [0.25, 0.3) is 0 Å². The van der Waals surface area contributed by atoms with E-state index in [0.717, 1.165) is 32.7 Å². The molecule has 0 atom stereocenters. The van der Waals surface area contributed by atoms with Gasteiger partial charge in [-0.1, -0.05) is 6.92 Å². The minimum absolute atomic E-state index is 0.494. The maximum absolute atomic E-state index is 8.50. The van der Waals surface area contributed by atoms with E-state index in [0.29, 0.717) is 12.5 Å². The van der Waals surface area contributed by atoms with E-state index in [-0.39, 0.29) is 0 Å². The lowest BCUT2D eigenvalue weighted by Gasteiger charge is -2.25. The summed E-state index contributed by atoms with van der Waals surface area (Å²) in [5, 5.41) is 8.50. The van der Waals surface area contributed by atoms with Crippen LogP contribution in [-0.2, 0) is 4.74 Å². The molecule has 0 aliphatic heterocycles. The fourth-order valence-electron chi connectivity index (χ4n) is 1.25. The van der Waals surface area contributed by atoms with Crippen molar-refractivity contribution in [3.05, 3.63) is 0 Å².